The van der Waals surface area contributed by atoms with E-state index in [1.807, 2.05) is 37.3 Å². The smallest absolute Gasteiger partial charge is 0.234 e. The van der Waals surface area contributed by atoms with Crippen molar-refractivity contribution in [2.45, 2.75) is 25.8 Å². The van der Waals surface area contributed by atoms with E-state index in [9.17, 15) is 9.59 Å². The van der Waals surface area contributed by atoms with Gasteiger partial charge in [0.15, 0.2) is 0 Å². The van der Waals surface area contributed by atoms with E-state index >= 15 is 0 Å². The quantitative estimate of drug-likeness (QED) is 0.833. The Balaban J connectivity index is 1.77. The van der Waals surface area contributed by atoms with Crippen molar-refractivity contribution in [1.29, 1.82) is 0 Å². The Morgan fingerprint density at radius 2 is 2.00 bits per heavy atom. The highest BCUT2D eigenvalue weighted by molar-refractivity contribution is 5.78. The molecule has 4 nitrogen and oxygen atoms in total. The van der Waals surface area contributed by atoms with Crippen molar-refractivity contribution >= 4 is 12.2 Å². The van der Waals surface area contributed by atoms with Gasteiger partial charge in [-0.25, -0.2) is 0 Å². The molecule has 1 aliphatic rings. The number of amides is 1. The van der Waals surface area contributed by atoms with Gasteiger partial charge < -0.3 is 10.1 Å². The monoisotopic (exact) mass is 274 g/mol. The lowest BCUT2D eigenvalue weighted by Crippen LogP contribution is -2.42. The van der Waals surface area contributed by atoms with Gasteiger partial charge in [-0.2, -0.15) is 0 Å². The van der Waals surface area contributed by atoms with Crippen molar-refractivity contribution in [2.24, 2.45) is 5.92 Å². The molecule has 1 heterocycles. The van der Waals surface area contributed by atoms with Crippen LogP contribution in [0.15, 0.2) is 30.3 Å². The number of carbonyl (C=O) groups excluding carboxylic acids is 2. The van der Waals surface area contributed by atoms with Crippen LogP contribution in [0, 0.1) is 5.92 Å². The fourth-order valence-electron chi connectivity index (χ4n) is 2.56. The van der Waals surface area contributed by atoms with Gasteiger partial charge in [0.2, 0.25) is 5.91 Å². The van der Waals surface area contributed by atoms with Crippen molar-refractivity contribution < 1.29 is 9.59 Å². The van der Waals surface area contributed by atoms with E-state index in [1.165, 1.54) is 0 Å². The summed E-state index contributed by atoms with van der Waals surface area (Å²) in [6.07, 6.45) is 2.77. The predicted molar refractivity (Wildman–Crippen MR) is 78.2 cm³/mol. The van der Waals surface area contributed by atoms with Crippen LogP contribution in [0.5, 0.6) is 0 Å². The summed E-state index contributed by atoms with van der Waals surface area (Å²) < 4.78 is 0. The Bertz CT molecular complexity index is 439. The molecule has 1 fully saturated rings. The minimum atomic E-state index is 0.0243. The van der Waals surface area contributed by atoms with Gasteiger partial charge in [0.05, 0.1) is 12.6 Å². The van der Waals surface area contributed by atoms with E-state index in [0.717, 1.165) is 37.8 Å². The third-order valence-corrected chi connectivity index (χ3v) is 3.87. The summed E-state index contributed by atoms with van der Waals surface area (Å²) in [5.41, 5.74) is 1.11. The Morgan fingerprint density at radius 1 is 1.35 bits per heavy atom. The maximum Gasteiger partial charge on any atom is 0.234 e. The van der Waals surface area contributed by atoms with Gasteiger partial charge in [0.25, 0.3) is 0 Å². The first-order valence-corrected chi connectivity index (χ1v) is 7.21. The van der Waals surface area contributed by atoms with Crippen LogP contribution in [-0.4, -0.2) is 36.7 Å². The van der Waals surface area contributed by atoms with Crippen molar-refractivity contribution in [3.63, 3.8) is 0 Å². The van der Waals surface area contributed by atoms with Crippen LogP contribution in [0.4, 0.5) is 0 Å². The molecule has 1 aromatic rings. The van der Waals surface area contributed by atoms with Gasteiger partial charge in [-0.1, -0.05) is 30.3 Å². The van der Waals surface area contributed by atoms with Crippen LogP contribution >= 0.6 is 0 Å². The maximum atomic E-state index is 12.0. The summed E-state index contributed by atoms with van der Waals surface area (Å²) in [4.78, 5) is 24.8. The summed E-state index contributed by atoms with van der Waals surface area (Å²) in [5, 5.41) is 3.02. The first kappa shape index (κ1) is 14.7. The van der Waals surface area contributed by atoms with Crippen molar-refractivity contribution in [2.75, 3.05) is 19.6 Å². The van der Waals surface area contributed by atoms with Gasteiger partial charge >= 0.3 is 0 Å². The summed E-state index contributed by atoms with van der Waals surface area (Å²) in [6, 6.07) is 9.97. The number of hydrogen-bond donors (Lipinski definition) is 1. The van der Waals surface area contributed by atoms with Crippen LogP contribution in [0.25, 0.3) is 0 Å². The van der Waals surface area contributed by atoms with Crippen molar-refractivity contribution in [3.8, 4) is 0 Å². The minimum absolute atomic E-state index is 0.0243. The van der Waals surface area contributed by atoms with E-state index < -0.39 is 0 Å². The van der Waals surface area contributed by atoms with Crippen LogP contribution in [0.3, 0.4) is 0 Å². The lowest BCUT2D eigenvalue weighted by molar-refractivity contribution is -0.123. The molecule has 0 bridgehead atoms. The van der Waals surface area contributed by atoms with Gasteiger partial charge in [0.1, 0.15) is 6.29 Å². The molecular formula is C16H22N2O2. The molecule has 0 aliphatic carbocycles. The molecule has 1 saturated heterocycles. The Hall–Kier alpha value is -1.68. The third kappa shape index (κ3) is 4.17. The van der Waals surface area contributed by atoms with E-state index in [4.69, 9.17) is 0 Å². The van der Waals surface area contributed by atoms with E-state index in [2.05, 4.69) is 10.2 Å². The van der Waals surface area contributed by atoms with Crippen LogP contribution < -0.4 is 5.32 Å². The SMILES string of the molecule is CC(NC(=O)CN1CCC(C=O)CC1)c1ccccc1. The lowest BCUT2D eigenvalue weighted by atomic mass is 9.99. The number of likely N-dealkylation sites (tertiary alicyclic amines) is 1. The Kier molecular flexibility index (Phi) is 5.30. The number of carbonyl (C=O) groups is 2. The largest absolute Gasteiger partial charge is 0.348 e. The van der Waals surface area contributed by atoms with E-state index in [0.29, 0.717) is 6.54 Å². The number of hydrogen-bond acceptors (Lipinski definition) is 3. The highest BCUT2D eigenvalue weighted by Gasteiger charge is 2.20. The zero-order chi connectivity index (χ0) is 14.4. The summed E-state index contributed by atoms with van der Waals surface area (Å²) in [6.45, 7) is 4.07. The Labute approximate surface area is 120 Å². The number of aldehydes is 1. The second kappa shape index (κ2) is 7.20. The first-order chi connectivity index (χ1) is 9.69. The lowest BCUT2D eigenvalue weighted by Gasteiger charge is -2.29. The second-order valence-corrected chi connectivity index (χ2v) is 5.45. The summed E-state index contributed by atoms with van der Waals surface area (Å²) in [7, 11) is 0. The predicted octanol–water partition coefficient (Wildman–Crippen LogP) is 1.77. The molecule has 20 heavy (non-hydrogen) atoms. The fourth-order valence-corrected chi connectivity index (χ4v) is 2.56. The Morgan fingerprint density at radius 3 is 2.60 bits per heavy atom. The zero-order valence-electron chi connectivity index (χ0n) is 11.9. The molecule has 0 radical (unpaired) electrons. The van der Waals surface area contributed by atoms with Gasteiger partial charge in [0, 0.05) is 5.92 Å². The summed E-state index contributed by atoms with van der Waals surface area (Å²) >= 11 is 0. The maximum absolute atomic E-state index is 12.0. The van der Waals surface area contributed by atoms with Crippen molar-refractivity contribution in [1.82, 2.24) is 10.2 Å². The van der Waals surface area contributed by atoms with E-state index in [-0.39, 0.29) is 17.9 Å². The summed E-state index contributed by atoms with van der Waals surface area (Å²) in [5.74, 6) is 0.225. The molecule has 1 aliphatic heterocycles. The molecule has 2 rings (SSSR count). The molecule has 0 spiro atoms. The molecule has 108 valence electrons. The van der Waals surface area contributed by atoms with Crippen LogP contribution in [-0.2, 0) is 9.59 Å². The average Bonchev–Trinajstić information content (AvgIpc) is 2.49. The first-order valence-electron chi connectivity index (χ1n) is 7.21. The molecule has 1 N–H and O–H groups in total. The number of nitrogens with one attached hydrogen (secondary N) is 1. The molecule has 1 amide bonds. The minimum Gasteiger partial charge on any atom is -0.348 e. The standard InChI is InChI=1S/C16H22N2O2/c1-13(15-5-3-2-4-6-15)17-16(20)11-18-9-7-14(12-19)8-10-18/h2-6,12-14H,7-11H2,1H3,(H,17,20). The molecule has 0 aromatic heterocycles. The topological polar surface area (TPSA) is 49.4 Å². The molecule has 4 heteroatoms. The normalized spacial score (nSPS) is 18.4. The van der Waals surface area contributed by atoms with Crippen LogP contribution in [0.2, 0.25) is 0 Å². The average molecular weight is 274 g/mol. The highest BCUT2D eigenvalue weighted by atomic mass is 16.2. The highest BCUT2D eigenvalue weighted by Crippen LogP contribution is 2.15. The molecular weight excluding hydrogens is 252 g/mol. The van der Waals surface area contributed by atoms with Crippen molar-refractivity contribution in [3.05, 3.63) is 35.9 Å². The van der Waals surface area contributed by atoms with E-state index in [1.54, 1.807) is 0 Å². The second-order valence-electron chi connectivity index (χ2n) is 5.45. The van der Waals surface area contributed by atoms with Gasteiger partial charge in [-0.3, -0.25) is 9.69 Å². The number of nitrogens with zero attached hydrogens (tertiary/aromatic N) is 1. The molecule has 1 atom stereocenters. The molecule has 1 aromatic carbocycles. The molecule has 0 saturated carbocycles. The van der Waals surface area contributed by atoms with Gasteiger partial charge in [-0.05, 0) is 38.4 Å². The van der Waals surface area contributed by atoms with Crippen LogP contribution in [0.1, 0.15) is 31.4 Å². The number of piperidine rings is 1. The van der Waals surface area contributed by atoms with Gasteiger partial charge in [-0.15, -0.1) is 0 Å². The molecule has 1 unspecified atom stereocenters. The number of benzene rings is 1. The zero-order valence-corrected chi connectivity index (χ0v) is 11.9. The fraction of sp³-hybridized carbons (Fsp3) is 0.500. The third-order valence-electron chi connectivity index (χ3n) is 3.87. The number of rotatable bonds is 5.